The third kappa shape index (κ3) is 2.48. The highest BCUT2D eigenvalue weighted by molar-refractivity contribution is 6.07. The maximum atomic E-state index is 12.8. The molecule has 2 heterocycles. The number of urea groups is 1. The predicted molar refractivity (Wildman–Crippen MR) is 81.3 cm³/mol. The summed E-state index contributed by atoms with van der Waals surface area (Å²) in [5.74, 6) is 0.473. The Hall–Kier alpha value is -2.70. The van der Waals surface area contributed by atoms with Gasteiger partial charge in [0.05, 0.1) is 0 Å². The van der Waals surface area contributed by atoms with Gasteiger partial charge in [0.25, 0.3) is 5.91 Å². The number of benzene rings is 1. The van der Waals surface area contributed by atoms with E-state index in [2.05, 4.69) is 15.5 Å². The van der Waals surface area contributed by atoms with E-state index in [4.69, 9.17) is 4.52 Å². The molecule has 7 nitrogen and oxygen atoms in total. The quantitative estimate of drug-likeness (QED) is 0.871. The van der Waals surface area contributed by atoms with Gasteiger partial charge < -0.3 is 9.84 Å². The Morgan fingerprint density at radius 3 is 2.70 bits per heavy atom. The van der Waals surface area contributed by atoms with Gasteiger partial charge in [-0.15, -0.1) is 0 Å². The van der Waals surface area contributed by atoms with Crippen LogP contribution in [0.3, 0.4) is 0 Å². The summed E-state index contributed by atoms with van der Waals surface area (Å²) < 4.78 is 5.08. The van der Waals surface area contributed by atoms with Crippen LogP contribution >= 0.6 is 0 Å². The number of carbonyl (C=O) groups is 2. The lowest BCUT2D eigenvalue weighted by Gasteiger charge is -2.23. The predicted octanol–water partition coefficient (Wildman–Crippen LogP) is 1.91. The molecule has 1 N–H and O–H groups in total. The second-order valence-corrected chi connectivity index (χ2v) is 5.72. The fourth-order valence-corrected chi connectivity index (χ4v) is 2.79. The molecule has 1 fully saturated rings. The second kappa shape index (κ2) is 5.49. The summed E-state index contributed by atoms with van der Waals surface area (Å²) in [4.78, 5) is 30.4. The number of imide groups is 1. The maximum absolute atomic E-state index is 12.8. The fourth-order valence-electron chi connectivity index (χ4n) is 2.79. The summed E-state index contributed by atoms with van der Waals surface area (Å²) in [6, 6.07) is 7.04. The number of hydrogen-bond donors (Lipinski definition) is 1. The molecule has 7 heteroatoms. The standard InChI is InChI=1S/C16H18N4O3/c1-4-12-17-13(23-19-12)9-20-14(21)16(3,18-15(20)22)11-8-6-5-7-10(11)2/h5-8H,4,9H2,1-3H3,(H,18,22). The van der Waals surface area contributed by atoms with Crippen LogP contribution in [0.25, 0.3) is 0 Å². The topological polar surface area (TPSA) is 88.3 Å². The summed E-state index contributed by atoms with van der Waals surface area (Å²) in [6.07, 6.45) is 0.630. The third-order valence-electron chi connectivity index (χ3n) is 4.08. The van der Waals surface area contributed by atoms with E-state index in [0.29, 0.717) is 12.2 Å². The first kappa shape index (κ1) is 15.2. The highest BCUT2D eigenvalue weighted by Crippen LogP contribution is 2.31. The minimum absolute atomic E-state index is 0.0286. The highest BCUT2D eigenvalue weighted by Gasteiger charge is 2.49. The van der Waals surface area contributed by atoms with Crippen molar-refractivity contribution in [3.63, 3.8) is 0 Å². The second-order valence-electron chi connectivity index (χ2n) is 5.72. The van der Waals surface area contributed by atoms with Crippen molar-refractivity contribution in [2.24, 2.45) is 0 Å². The lowest BCUT2D eigenvalue weighted by Crippen LogP contribution is -2.41. The molecule has 0 aliphatic carbocycles. The highest BCUT2D eigenvalue weighted by atomic mass is 16.5. The lowest BCUT2D eigenvalue weighted by molar-refractivity contribution is -0.131. The molecular formula is C16H18N4O3. The van der Waals surface area contributed by atoms with Gasteiger partial charge in [-0.25, -0.2) is 4.79 Å². The molecule has 1 unspecified atom stereocenters. The van der Waals surface area contributed by atoms with Crippen LogP contribution in [0.1, 0.15) is 36.7 Å². The van der Waals surface area contributed by atoms with E-state index in [1.807, 2.05) is 38.1 Å². The molecule has 120 valence electrons. The molecule has 1 aliphatic heterocycles. The van der Waals surface area contributed by atoms with E-state index in [-0.39, 0.29) is 18.3 Å². The van der Waals surface area contributed by atoms with Crippen LogP contribution in [0.5, 0.6) is 0 Å². The first-order valence-corrected chi connectivity index (χ1v) is 7.47. The third-order valence-corrected chi connectivity index (χ3v) is 4.08. The van der Waals surface area contributed by atoms with Gasteiger partial charge in [-0.05, 0) is 25.0 Å². The molecular weight excluding hydrogens is 296 g/mol. The minimum Gasteiger partial charge on any atom is -0.337 e. The van der Waals surface area contributed by atoms with E-state index >= 15 is 0 Å². The number of aromatic nitrogens is 2. The first-order chi connectivity index (χ1) is 11.0. The summed E-state index contributed by atoms with van der Waals surface area (Å²) in [7, 11) is 0. The van der Waals surface area contributed by atoms with Gasteiger partial charge in [0.1, 0.15) is 12.1 Å². The number of rotatable bonds is 4. The summed E-state index contributed by atoms with van der Waals surface area (Å²) in [6.45, 7) is 5.49. The van der Waals surface area contributed by atoms with Crippen LogP contribution < -0.4 is 5.32 Å². The minimum atomic E-state index is -1.09. The smallest absolute Gasteiger partial charge is 0.325 e. The molecule has 0 saturated carbocycles. The average molecular weight is 314 g/mol. The number of aryl methyl sites for hydroxylation is 2. The Bertz CT molecular complexity index is 770. The Balaban J connectivity index is 1.89. The van der Waals surface area contributed by atoms with Crippen molar-refractivity contribution in [1.82, 2.24) is 20.4 Å². The van der Waals surface area contributed by atoms with Gasteiger partial charge in [0.15, 0.2) is 5.82 Å². The monoisotopic (exact) mass is 314 g/mol. The van der Waals surface area contributed by atoms with Crippen LogP contribution in [-0.2, 0) is 23.3 Å². The molecule has 1 aromatic heterocycles. The number of nitrogens with one attached hydrogen (secondary N) is 1. The van der Waals surface area contributed by atoms with E-state index in [1.165, 1.54) is 0 Å². The van der Waals surface area contributed by atoms with Gasteiger partial charge >= 0.3 is 6.03 Å². The van der Waals surface area contributed by atoms with E-state index in [1.54, 1.807) is 6.92 Å². The van der Waals surface area contributed by atoms with Crippen LogP contribution in [-0.4, -0.2) is 27.0 Å². The maximum Gasteiger partial charge on any atom is 0.325 e. The zero-order valence-corrected chi connectivity index (χ0v) is 13.3. The molecule has 3 rings (SSSR count). The summed E-state index contributed by atoms with van der Waals surface area (Å²) in [5, 5.41) is 6.56. The Kier molecular flexibility index (Phi) is 3.63. The van der Waals surface area contributed by atoms with Crippen molar-refractivity contribution in [3.8, 4) is 0 Å². The van der Waals surface area contributed by atoms with Gasteiger partial charge in [-0.3, -0.25) is 9.69 Å². The van der Waals surface area contributed by atoms with Crippen molar-refractivity contribution in [3.05, 3.63) is 47.1 Å². The van der Waals surface area contributed by atoms with Crippen LogP contribution in [0.4, 0.5) is 4.79 Å². The molecule has 1 saturated heterocycles. The van der Waals surface area contributed by atoms with Gasteiger partial charge in [-0.2, -0.15) is 4.98 Å². The van der Waals surface area contributed by atoms with Crippen molar-refractivity contribution in [2.45, 2.75) is 39.3 Å². The van der Waals surface area contributed by atoms with E-state index < -0.39 is 11.6 Å². The van der Waals surface area contributed by atoms with Crippen molar-refractivity contribution in [2.75, 3.05) is 0 Å². The zero-order chi connectivity index (χ0) is 16.6. The van der Waals surface area contributed by atoms with Gasteiger partial charge in [0, 0.05) is 6.42 Å². The molecule has 3 amide bonds. The van der Waals surface area contributed by atoms with Crippen molar-refractivity contribution < 1.29 is 14.1 Å². The number of amides is 3. The van der Waals surface area contributed by atoms with Crippen molar-refractivity contribution >= 4 is 11.9 Å². The molecule has 0 spiro atoms. The van der Waals surface area contributed by atoms with E-state index in [0.717, 1.165) is 16.0 Å². The van der Waals surface area contributed by atoms with Crippen LogP contribution in [0, 0.1) is 6.92 Å². The molecule has 1 atom stereocenters. The van der Waals surface area contributed by atoms with Gasteiger partial charge in [-0.1, -0.05) is 36.3 Å². The van der Waals surface area contributed by atoms with Crippen molar-refractivity contribution in [1.29, 1.82) is 0 Å². The van der Waals surface area contributed by atoms with Crippen LogP contribution in [0.15, 0.2) is 28.8 Å². The molecule has 1 aromatic carbocycles. The zero-order valence-electron chi connectivity index (χ0n) is 13.3. The number of nitrogens with zero attached hydrogens (tertiary/aromatic N) is 3. The SMILES string of the molecule is CCc1noc(CN2C(=O)NC(C)(c3ccccc3C)C2=O)n1. The van der Waals surface area contributed by atoms with E-state index in [9.17, 15) is 9.59 Å². The van der Waals surface area contributed by atoms with Gasteiger partial charge in [0.2, 0.25) is 5.89 Å². The normalized spacial score (nSPS) is 20.9. The number of carbonyl (C=O) groups excluding carboxylic acids is 2. The Morgan fingerprint density at radius 2 is 2.04 bits per heavy atom. The summed E-state index contributed by atoms with van der Waals surface area (Å²) in [5.41, 5.74) is 0.632. The molecule has 1 aliphatic rings. The fraction of sp³-hybridized carbons (Fsp3) is 0.375. The lowest BCUT2D eigenvalue weighted by atomic mass is 9.88. The molecule has 2 aromatic rings. The average Bonchev–Trinajstić information content (AvgIpc) is 3.07. The molecule has 0 bridgehead atoms. The Morgan fingerprint density at radius 1 is 1.30 bits per heavy atom. The first-order valence-electron chi connectivity index (χ1n) is 7.47. The number of hydrogen-bond acceptors (Lipinski definition) is 5. The van der Waals surface area contributed by atoms with Crippen LogP contribution in [0.2, 0.25) is 0 Å². The largest absolute Gasteiger partial charge is 0.337 e. The molecule has 0 radical (unpaired) electrons. The molecule has 23 heavy (non-hydrogen) atoms. The summed E-state index contributed by atoms with van der Waals surface area (Å²) >= 11 is 0. The Labute approximate surface area is 133 Å².